The van der Waals surface area contributed by atoms with Gasteiger partial charge in [-0.05, 0) is 18.9 Å². The molecule has 0 aliphatic heterocycles. The van der Waals surface area contributed by atoms with Crippen LogP contribution < -0.4 is 0 Å². The molecule has 0 saturated heterocycles. The molecule has 2 nitrogen and oxygen atoms in total. The van der Waals surface area contributed by atoms with Gasteiger partial charge in [-0.2, -0.15) is 0 Å². The second kappa shape index (κ2) is 7.21. The Balaban J connectivity index is 2.16. The van der Waals surface area contributed by atoms with Crippen molar-refractivity contribution in [1.29, 1.82) is 0 Å². The summed E-state index contributed by atoms with van der Waals surface area (Å²) in [6.07, 6.45) is 4.13. The van der Waals surface area contributed by atoms with Crippen LogP contribution in [0.25, 0.3) is 0 Å². The van der Waals surface area contributed by atoms with E-state index in [0.717, 1.165) is 5.56 Å². The highest BCUT2D eigenvalue weighted by Gasteiger charge is 2.01. The highest BCUT2D eigenvalue weighted by molar-refractivity contribution is 5.13. The summed E-state index contributed by atoms with van der Waals surface area (Å²) >= 11 is 0. The van der Waals surface area contributed by atoms with Crippen molar-refractivity contribution in [1.82, 2.24) is 0 Å². The fraction of sp³-hybridized carbons (Fsp3) is 0.385. The van der Waals surface area contributed by atoms with E-state index in [4.69, 9.17) is 4.74 Å². The van der Waals surface area contributed by atoms with E-state index >= 15 is 0 Å². The number of hydrogen-bond acceptors (Lipinski definition) is 2. The van der Waals surface area contributed by atoms with Crippen LogP contribution in [0.3, 0.4) is 0 Å². The molecule has 1 unspecified atom stereocenters. The van der Waals surface area contributed by atoms with Crippen molar-refractivity contribution < 1.29 is 9.84 Å². The van der Waals surface area contributed by atoms with Crippen LogP contribution in [-0.4, -0.2) is 17.8 Å². The third kappa shape index (κ3) is 5.35. The van der Waals surface area contributed by atoms with Gasteiger partial charge in [-0.1, -0.05) is 42.5 Å². The summed E-state index contributed by atoms with van der Waals surface area (Å²) < 4.78 is 5.39. The molecular formula is C13H18O2. The number of hydrogen-bond donors (Lipinski definition) is 1. The molecular weight excluding hydrogens is 188 g/mol. The largest absolute Gasteiger partial charge is 0.390 e. The Morgan fingerprint density at radius 1 is 1.33 bits per heavy atom. The molecule has 0 saturated carbocycles. The first-order chi connectivity index (χ1) is 7.33. The number of aliphatic hydroxyl groups is 1. The number of ether oxygens (including phenoxy) is 1. The first-order valence-corrected chi connectivity index (χ1v) is 5.24. The Labute approximate surface area is 91.2 Å². The van der Waals surface area contributed by atoms with E-state index in [0.29, 0.717) is 19.6 Å². The van der Waals surface area contributed by atoms with Crippen LogP contribution in [0.5, 0.6) is 0 Å². The fourth-order valence-electron chi connectivity index (χ4n) is 1.25. The Bertz CT molecular complexity index is 280. The molecule has 0 fully saturated rings. The first-order valence-electron chi connectivity index (χ1n) is 5.24. The van der Waals surface area contributed by atoms with Crippen molar-refractivity contribution in [3.05, 3.63) is 48.0 Å². The minimum absolute atomic E-state index is 0.388. The molecule has 0 heterocycles. The van der Waals surface area contributed by atoms with Crippen molar-refractivity contribution >= 4 is 0 Å². The molecule has 0 spiro atoms. The lowest BCUT2D eigenvalue weighted by molar-refractivity contribution is 0.0301. The van der Waals surface area contributed by atoms with Crippen LogP contribution in [0.15, 0.2) is 42.5 Å². The van der Waals surface area contributed by atoms with Crippen molar-refractivity contribution in [2.75, 3.05) is 6.61 Å². The van der Waals surface area contributed by atoms with Crippen molar-refractivity contribution in [2.24, 2.45) is 0 Å². The Morgan fingerprint density at radius 3 is 2.73 bits per heavy atom. The number of rotatable bonds is 6. The van der Waals surface area contributed by atoms with Gasteiger partial charge in [0.2, 0.25) is 0 Å². The SMILES string of the molecule is C/C=C/CC(O)COCc1ccccc1. The molecule has 0 aliphatic carbocycles. The van der Waals surface area contributed by atoms with Crippen LogP contribution in [0.2, 0.25) is 0 Å². The third-order valence-electron chi connectivity index (χ3n) is 2.07. The summed E-state index contributed by atoms with van der Waals surface area (Å²) in [6.45, 7) is 2.89. The molecule has 0 aliphatic rings. The Kier molecular flexibility index (Phi) is 5.74. The van der Waals surface area contributed by atoms with Crippen LogP contribution >= 0.6 is 0 Å². The molecule has 1 rings (SSSR count). The van der Waals surface area contributed by atoms with Crippen LogP contribution in [0, 0.1) is 0 Å². The number of aliphatic hydroxyl groups excluding tert-OH is 1. The summed E-state index contributed by atoms with van der Waals surface area (Å²) in [5, 5.41) is 9.48. The average Bonchev–Trinajstić information content (AvgIpc) is 2.28. The van der Waals surface area contributed by atoms with E-state index in [1.807, 2.05) is 49.4 Å². The lowest BCUT2D eigenvalue weighted by atomic mass is 10.2. The average molecular weight is 206 g/mol. The van der Waals surface area contributed by atoms with Gasteiger partial charge in [0.05, 0.1) is 19.3 Å². The lowest BCUT2D eigenvalue weighted by Gasteiger charge is -2.08. The predicted octanol–water partition coefficient (Wildman–Crippen LogP) is 2.53. The van der Waals surface area contributed by atoms with Gasteiger partial charge in [0, 0.05) is 0 Å². The van der Waals surface area contributed by atoms with Crippen molar-refractivity contribution in [3.8, 4) is 0 Å². The molecule has 2 heteroatoms. The van der Waals surface area contributed by atoms with E-state index in [1.165, 1.54) is 0 Å². The molecule has 1 atom stereocenters. The van der Waals surface area contributed by atoms with Gasteiger partial charge in [0.1, 0.15) is 0 Å². The number of benzene rings is 1. The molecule has 0 bridgehead atoms. The van der Waals surface area contributed by atoms with Crippen LogP contribution in [0.4, 0.5) is 0 Å². The molecule has 0 amide bonds. The molecule has 1 aromatic carbocycles. The van der Waals surface area contributed by atoms with Crippen molar-refractivity contribution in [2.45, 2.75) is 26.1 Å². The second-order valence-corrected chi connectivity index (χ2v) is 3.46. The normalized spacial score (nSPS) is 13.2. The summed E-state index contributed by atoms with van der Waals surface area (Å²) in [5.74, 6) is 0. The van der Waals surface area contributed by atoms with Crippen LogP contribution in [-0.2, 0) is 11.3 Å². The highest BCUT2D eigenvalue weighted by atomic mass is 16.5. The summed E-state index contributed by atoms with van der Waals surface area (Å²) in [7, 11) is 0. The maximum Gasteiger partial charge on any atom is 0.0808 e. The van der Waals surface area contributed by atoms with Crippen molar-refractivity contribution in [3.63, 3.8) is 0 Å². The first kappa shape index (κ1) is 12.0. The van der Waals surface area contributed by atoms with Gasteiger partial charge in [-0.15, -0.1) is 0 Å². The van der Waals surface area contributed by atoms with E-state index in [-0.39, 0.29) is 0 Å². The zero-order chi connectivity index (χ0) is 10.9. The molecule has 1 aromatic rings. The van der Waals surface area contributed by atoms with Gasteiger partial charge >= 0.3 is 0 Å². The van der Waals surface area contributed by atoms with E-state index in [2.05, 4.69) is 0 Å². The topological polar surface area (TPSA) is 29.5 Å². The molecule has 15 heavy (non-hydrogen) atoms. The van der Waals surface area contributed by atoms with Gasteiger partial charge in [0.15, 0.2) is 0 Å². The van der Waals surface area contributed by atoms with E-state index in [9.17, 15) is 5.11 Å². The molecule has 82 valence electrons. The molecule has 0 radical (unpaired) electrons. The zero-order valence-electron chi connectivity index (χ0n) is 9.10. The maximum absolute atomic E-state index is 9.48. The Hall–Kier alpha value is -1.12. The number of allylic oxidation sites excluding steroid dienone is 1. The minimum Gasteiger partial charge on any atom is -0.390 e. The smallest absolute Gasteiger partial charge is 0.0808 e. The van der Waals surface area contributed by atoms with E-state index in [1.54, 1.807) is 0 Å². The summed E-state index contributed by atoms with van der Waals surface area (Å²) in [5.41, 5.74) is 1.13. The molecule has 0 aromatic heterocycles. The lowest BCUT2D eigenvalue weighted by Crippen LogP contribution is -2.13. The monoisotopic (exact) mass is 206 g/mol. The second-order valence-electron chi connectivity index (χ2n) is 3.46. The van der Waals surface area contributed by atoms with Gasteiger partial charge in [0.25, 0.3) is 0 Å². The van der Waals surface area contributed by atoms with Gasteiger partial charge in [-0.25, -0.2) is 0 Å². The quantitative estimate of drug-likeness (QED) is 0.725. The fourth-order valence-corrected chi connectivity index (χ4v) is 1.25. The predicted molar refractivity (Wildman–Crippen MR) is 61.5 cm³/mol. The standard InChI is InChI=1S/C13H18O2/c1-2-3-9-13(14)11-15-10-12-7-5-4-6-8-12/h2-8,13-14H,9-11H2,1H3/b3-2+. The Morgan fingerprint density at radius 2 is 2.07 bits per heavy atom. The summed E-state index contributed by atoms with van der Waals surface area (Å²) in [6, 6.07) is 9.96. The summed E-state index contributed by atoms with van der Waals surface area (Å²) in [4.78, 5) is 0. The van der Waals surface area contributed by atoms with E-state index < -0.39 is 6.10 Å². The zero-order valence-corrected chi connectivity index (χ0v) is 9.10. The maximum atomic E-state index is 9.48. The highest BCUT2D eigenvalue weighted by Crippen LogP contribution is 2.02. The third-order valence-corrected chi connectivity index (χ3v) is 2.07. The van der Waals surface area contributed by atoms with Gasteiger partial charge < -0.3 is 9.84 Å². The van der Waals surface area contributed by atoms with Gasteiger partial charge in [-0.3, -0.25) is 0 Å². The van der Waals surface area contributed by atoms with Crippen LogP contribution in [0.1, 0.15) is 18.9 Å². The molecule has 1 N–H and O–H groups in total. The minimum atomic E-state index is -0.398.